The lowest BCUT2D eigenvalue weighted by atomic mass is 10.1. The van der Waals surface area contributed by atoms with Crippen molar-refractivity contribution in [3.63, 3.8) is 0 Å². The van der Waals surface area contributed by atoms with Crippen LogP contribution in [0.5, 0.6) is 11.5 Å². The average molecular weight is 223 g/mol. The Bertz CT molecular complexity index is 388. The third-order valence-corrected chi connectivity index (χ3v) is 2.44. The fourth-order valence-corrected chi connectivity index (χ4v) is 1.59. The molecule has 0 fully saturated rings. The Morgan fingerprint density at radius 3 is 2.50 bits per heavy atom. The van der Waals surface area contributed by atoms with E-state index in [0.29, 0.717) is 6.54 Å². The van der Waals surface area contributed by atoms with Crippen LogP contribution in [-0.4, -0.2) is 33.6 Å². The molecule has 2 N–H and O–H groups in total. The summed E-state index contributed by atoms with van der Waals surface area (Å²) < 4.78 is 0. The van der Waals surface area contributed by atoms with Crippen LogP contribution in [0, 0.1) is 0 Å². The molecule has 0 radical (unpaired) electrons. The Morgan fingerprint density at radius 1 is 1.38 bits per heavy atom. The Hall–Kier alpha value is -1.71. The highest BCUT2D eigenvalue weighted by atomic mass is 16.3. The molecule has 4 heteroatoms. The van der Waals surface area contributed by atoms with Gasteiger partial charge in [-0.15, -0.1) is 0 Å². The minimum atomic E-state index is -0.272. The van der Waals surface area contributed by atoms with Gasteiger partial charge in [0.15, 0.2) is 0 Å². The first-order valence-corrected chi connectivity index (χ1v) is 5.30. The van der Waals surface area contributed by atoms with Crippen molar-refractivity contribution in [2.75, 3.05) is 6.54 Å². The molecule has 1 aromatic carbocycles. The van der Waals surface area contributed by atoms with Gasteiger partial charge in [-0.05, 0) is 39.0 Å². The standard InChI is InChI=1S/C12H17NO3/c1-4-13(8(2)3)12(16)10-7-9(14)5-6-11(10)15/h5-8,14-15H,4H2,1-3H3. The van der Waals surface area contributed by atoms with Gasteiger partial charge in [-0.2, -0.15) is 0 Å². The van der Waals surface area contributed by atoms with Crippen molar-refractivity contribution in [2.24, 2.45) is 0 Å². The van der Waals surface area contributed by atoms with E-state index >= 15 is 0 Å². The molecule has 0 saturated carbocycles. The van der Waals surface area contributed by atoms with Crippen molar-refractivity contribution in [1.82, 2.24) is 4.90 Å². The lowest BCUT2D eigenvalue weighted by Crippen LogP contribution is -2.36. The minimum absolute atomic E-state index is 0.0269. The maximum Gasteiger partial charge on any atom is 0.257 e. The smallest absolute Gasteiger partial charge is 0.257 e. The fourth-order valence-electron chi connectivity index (χ4n) is 1.59. The van der Waals surface area contributed by atoms with Crippen molar-refractivity contribution in [3.8, 4) is 11.5 Å². The van der Waals surface area contributed by atoms with E-state index < -0.39 is 0 Å². The van der Waals surface area contributed by atoms with Gasteiger partial charge in [0.1, 0.15) is 11.5 Å². The molecule has 4 nitrogen and oxygen atoms in total. The lowest BCUT2D eigenvalue weighted by molar-refractivity contribution is 0.0713. The summed E-state index contributed by atoms with van der Waals surface area (Å²) in [4.78, 5) is 13.7. The third kappa shape index (κ3) is 2.45. The predicted molar refractivity (Wildman–Crippen MR) is 61.6 cm³/mol. The zero-order chi connectivity index (χ0) is 12.3. The van der Waals surface area contributed by atoms with Crippen molar-refractivity contribution in [3.05, 3.63) is 23.8 Å². The molecule has 1 aromatic rings. The molecule has 1 amide bonds. The van der Waals surface area contributed by atoms with Gasteiger partial charge in [-0.25, -0.2) is 0 Å². The van der Waals surface area contributed by atoms with Gasteiger partial charge >= 0.3 is 0 Å². The third-order valence-electron chi connectivity index (χ3n) is 2.44. The number of rotatable bonds is 3. The Labute approximate surface area is 95.1 Å². The second-order valence-corrected chi connectivity index (χ2v) is 3.89. The Morgan fingerprint density at radius 2 is 2.00 bits per heavy atom. The van der Waals surface area contributed by atoms with E-state index in [4.69, 9.17) is 0 Å². The molecule has 1 rings (SSSR count). The number of nitrogens with zero attached hydrogens (tertiary/aromatic N) is 1. The van der Waals surface area contributed by atoms with E-state index in [1.807, 2.05) is 20.8 Å². The maximum absolute atomic E-state index is 12.0. The van der Waals surface area contributed by atoms with Crippen molar-refractivity contribution >= 4 is 5.91 Å². The van der Waals surface area contributed by atoms with Gasteiger partial charge in [-0.3, -0.25) is 4.79 Å². The van der Waals surface area contributed by atoms with E-state index in [0.717, 1.165) is 0 Å². The monoisotopic (exact) mass is 223 g/mol. The SMILES string of the molecule is CCN(C(=O)c1cc(O)ccc1O)C(C)C. The van der Waals surface area contributed by atoms with Crippen molar-refractivity contribution < 1.29 is 15.0 Å². The topological polar surface area (TPSA) is 60.8 Å². The molecule has 0 atom stereocenters. The highest BCUT2D eigenvalue weighted by Crippen LogP contribution is 2.24. The summed E-state index contributed by atoms with van der Waals surface area (Å²) in [7, 11) is 0. The summed E-state index contributed by atoms with van der Waals surface area (Å²) in [6.45, 7) is 6.24. The number of amides is 1. The van der Waals surface area contributed by atoms with Gasteiger partial charge < -0.3 is 15.1 Å². The number of hydrogen-bond donors (Lipinski definition) is 2. The largest absolute Gasteiger partial charge is 0.508 e. The highest BCUT2D eigenvalue weighted by molar-refractivity contribution is 5.97. The second-order valence-electron chi connectivity index (χ2n) is 3.89. The quantitative estimate of drug-likeness (QED) is 0.770. The first-order chi connectivity index (χ1) is 7.47. The van der Waals surface area contributed by atoms with Crippen LogP contribution in [0.4, 0.5) is 0 Å². The molecule has 88 valence electrons. The van der Waals surface area contributed by atoms with Crippen LogP contribution in [0.25, 0.3) is 0 Å². The summed E-state index contributed by atoms with van der Waals surface area (Å²) in [5.74, 6) is -0.409. The van der Waals surface area contributed by atoms with Crippen LogP contribution in [0.1, 0.15) is 31.1 Å². The lowest BCUT2D eigenvalue weighted by Gasteiger charge is -2.25. The van der Waals surface area contributed by atoms with Gasteiger partial charge in [0, 0.05) is 12.6 Å². The Balaban J connectivity index is 3.08. The van der Waals surface area contributed by atoms with Crippen LogP contribution >= 0.6 is 0 Å². The van der Waals surface area contributed by atoms with Crippen LogP contribution in [0.15, 0.2) is 18.2 Å². The summed E-state index contributed by atoms with van der Waals surface area (Å²) in [5, 5.41) is 18.9. The van der Waals surface area contributed by atoms with Gasteiger partial charge in [0.05, 0.1) is 5.56 Å². The minimum Gasteiger partial charge on any atom is -0.508 e. The van der Waals surface area contributed by atoms with E-state index in [1.54, 1.807) is 4.90 Å². The Kier molecular flexibility index (Phi) is 3.77. The van der Waals surface area contributed by atoms with Gasteiger partial charge in [0.2, 0.25) is 0 Å². The van der Waals surface area contributed by atoms with E-state index in [-0.39, 0.29) is 29.0 Å². The van der Waals surface area contributed by atoms with E-state index in [9.17, 15) is 15.0 Å². The van der Waals surface area contributed by atoms with E-state index in [1.165, 1.54) is 18.2 Å². The number of carbonyl (C=O) groups is 1. The normalized spacial score (nSPS) is 10.5. The zero-order valence-electron chi connectivity index (χ0n) is 9.77. The van der Waals surface area contributed by atoms with Crippen molar-refractivity contribution in [1.29, 1.82) is 0 Å². The van der Waals surface area contributed by atoms with Gasteiger partial charge in [0.25, 0.3) is 5.91 Å². The fraction of sp³-hybridized carbons (Fsp3) is 0.417. The number of phenolic OH excluding ortho intramolecular Hbond substituents is 2. The molecular formula is C12H17NO3. The summed E-state index contributed by atoms with van der Waals surface area (Å²) in [5.41, 5.74) is 0.135. The second kappa shape index (κ2) is 4.88. The average Bonchev–Trinajstić information content (AvgIpc) is 2.22. The van der Waals surface area contributed by atoms with E-state index in [2.05, 4.69) is 0 Å². The van der Waals surface area contributed by atoms with Crippen molar-refractivity contribution in [2.45, 2.75) is 26.8 Å². The summed E-state index contributed by atoms with van der Waals surface area (Å²) in [6, 6.07) is 4.00. The maximum atomic E-state index is 12.0. The number of hydrogen-bond acceptors (Lipinski definition) is 3. The first-order valence-electron chi connectivity index (χ1n) is 5.30. The molecule has 16 heavy (non-hydrogen) atoms. The van der Waals surface area contributed by atoms with Crippen LogP contribution in [-0.2, 0) is 0 Å². The molecule has 0 bridgehead atoms. The molecule has 0 aliphatic rings. The zero-order valence-corrected chi connectivity index (χ0v) is 9.77. The van der Waals surface area contributed by atoms with Crippen LogP contribution in [0.3, 0.4) is 0 Å². The molecule has 0 aliphatic heterocycles. The molecule has 0 aliphatic carbocycles. The number of benzene rings is 1. The summed E-state index contributed by atoms with van der Waals surface area (Å²) in [6.07, 6.45) is 0. The first kappa shape index (κ1) is 12.4. The van der Waals surface area contributed by atoms with Crippen LogP contribution in [0.2, 0.25) is 0 Å². The molecule has 0 aromatic heterocycles. The molecule has 0 heterocycles. The molecular weight excluding hydrogens is 206 g/mol. The summed E-state index contributed by atoms with van der Waals surface area (Å²) >= 11 is 0. The number of aromatic hydroxyl groups is 2. The highest BCUT2D eigenvalue weighted by Gasteiger charge is 2.20. The number of carbonyl (C=O) groups excluding carboxylic acids is 1. The molecule has 0 saturated heterocycles. The van der Waals surface area contributed by atoms with Crippen LogP contribution < -0.4 is 0 Å². The number of phenols is 2. The predicted octanol–water partition coefficient (Wildman–Crippen LogP) is 1.97. The molecule has 0 unspecified atom stereocenters. The molecule has 0 spiro atoms. The van der Waals surface area contributed by atoms with Gasteiger partial charge in [-0.1, -0.05) is 0 Å².